The summed E-state index contributed by atoms with van der Waals surface area (Å²) in [6, 6.07) is 2.15. The molecule has 0 saturated carbocycles. The molecule has 1 unspecified atom stereocenters. The fourth-order valence-corrected chi connectivity index (χ4v) is 4.73. The van der Waals surface area contributed by atoms with Gasteiger partial charge in [-0.3, -0.25) is 9.05 Å². The van der Waals surface area contributed by atoms with Gasteiger partial charge in [0.15, 0.2) is 0 Å². The maximum atomic E-state index is 12.6. The molecule has 146 valence electrons. The van der Waals surface area contributed by atoms with Crippen LogP contribution in [0.3, 0.4) is 0 Å². The highest BCUT2D eigenvalue weighted by Gasteiger charge is 2.28. The molecule has 2 aliphatic heterocycles. The minimum atomic E-state index is -4.05. The Labute approximate surface area is 157 Å². The highest BCUT2D eigenvalue weighted by atomic mass is 31.2. The first-order valence-electron chi connectivity index (χ1n) is 9.30. The van der Waals surface area contributed by atoms with Crippen molar-refractivity contribution in [2.24, 2.45) is 0 Å². The van der Waals surface area contributed by atoms with E-state index in [-0.39, 0.29) is 13.0 Å². The summed E-state index contributed by atoms with van der Waals surface area (Å²) in [6.45, 7) is 3.94. The Morgan fingerprint density at radius 1 is 1.30 bits per heavy atom. The van der Waals surface area contributed by atoms with Crippen LogP contribution in [-0.4, -0.2) is 31.7 Å². The van der Waals surface area contributed by atoms with Gasteiger partial charge in [0.1, 0.15) is 5.58 Å². The van der Waals surface area contributed by atoms with Crippen molar-refractivity contribution in [2.45, 2.75) is 39.0 Å². The van der Waals surface area contributed by atoms with Gasteiger partial charge in [-0.1, -0.05) is 0 Å². The molecule has 2 aliphatic rings. The van der Waals surface area contributed by atoms with Gasteiger partial charge in [-0.25, -0.2) is 9.36 Å². The summed E-state index contributed by atoms with van der Waals surface area (Å²) < 4.78 is 26.5. The molecule has 0 aliphatic carbocycles. The monoisotopic (exact) mass is 393 g/mol. The fraction of sp³-hybridized carbons (Fsp3) is 0.526. The second-order valence-corrected chi connectivity index (χ2v) is 8.72. The molecule has 0 bridgehead atoms. The van der Waals surface area contributed by atoms with Crippen LogP contribution < -0.4 is 10.5 Å². The Morgan fingerprint density at radius 2 is 2.04 bits per heavy atom. The third-order valence-corrected chi connectivity index (χ3v) is 6.58. The Bertz CT molecular complexity index is 996. The number of anilines is 1. The van der Waals surface area contributed by atoms with Gasteiger partial charge in [0.05, 0.1) is 6.61 Å². The van der Waals surface area contributed by atoms with Crippen molar-refractivity contribution in [1.29, 1.82) is 0 Å². The van der Waals surface area contributed by atoms with Crippen molar-refractivity contribution in [3.8, 4) is 0 Å². The lowest BCUT2D eigenvalue weighted by molar-refractivity contribution is 0.174. The number of aryl methyl sites for hydroxylation is 3. The third-order valence-electron chi connectivity index (χ3n) is 5.61. The van der Waals surface area contributed by atoms with Crippen LogP contribution in [0.15, 0.2) is 15.3 Å². The Morgan fingerprint density at radius 3 is 2.78 bits per heavy atom. The molecule has 1 aromatic carbocycles. The summed E-state index contributed by atoms with van der Waals surface area (Å²) in [5.41, 5.74) is 5.36. The number of nitrogens with zero attached hydrogens (tertiary/aromatic N) is 1. The number of rotatable bonds is 5. The molecule has 0 amide bonds. The molecule has 27 heavy (non-hydrogen) atoms. The van der Waals surface area contributed by atoms with Gasteiger partial charge in [0.2, 0.25) is 0 Å². The van der Waals surface area contributed by atoms with E-state index in [0.717, 1.165) is 62.4 Å². The van der Waals surface area contributed by atoms with E-state index in [1.165, 1.54) is 11.3 Å². The molecule has 1 N–H and O–H groups in total. The van der Waals surface area contributed by atoms with Crippen LogP contribution >= 0.6 is 7.82 Å². The van der Waals surface area contributed by atoms with E-state index in [4.69, 9.17) is 8.94 Å². The van der Waals surface area contributed by atoms with Crippen molar-refractivity contribution in [2.75, 3.05) is 31.7 Å². The summed E-state index contributed by atoms with van der Waals surface area (Å²) >= 11 is 0. The van der Waals surface area contributed by atoms with E-state index >= 15 is 0 Å². The van der Waals surface area contributed by atoms with E-state index in [1.54, 1.807) is 0 Å². The normalized spacial score (nSPS) is 18.4. The molecule has 0 spiro atoms. The minimum Gasteiger partial charge on any atom is -0.422 e. The molecule has 0 fully saturated rings. The van der Waals surface area contributed by atoms with Crippen LogP contribution in [-0.2, 0) is 32.9 Å². The fourth-order valence-electron chi connectivity index (χ4n) is 4.30. The molecule has 1 atom stereocenters. The van der Waals surface area contributed by atoms with E-state index in [1.807, 2.05) is 6.92 Å². The quantitative estimate of drug-likeness (QED) is 0.617. The van der Waals surface area contributed by atoms with Crippen LogP contribution in [0.2, 0.25) is 0 Å². The van der Waals surface area contributed by atoms with Gasteiger partial charge in [-0.2, -0.15) is 0 Å². The van der Waals surface area contributed by atoms with Crippen molar-refractivity contribution >= 4 is 24.5 Å². The van der Waals surface area contributed by atoms with Crippen molar-refractivity contribution in [3.05, 3.63) is 38.7 Å². The second kappa shape index (κ2) is 7.06. The van der Waals surface area contributed by atoms with Gasteiger partial charge >= 0.3 is 13.4 Å². The average molecular weight is 393 g/mol. The van der Waals surface area contributed by atoms with Crippen LogP contribution in [0.25, 0.3) is 11.0 Å². The predicted molar refractivity (Wildman–Crippen MR) is 103 cm³/mol. The Hall–Kier alpha value is -1.66. The first kappa shape index (κ1) is 18.7. The minimum absolute atomic E-state index is 0.0930. The topological polar surface area (TPSA) is 89.2 Å². The molecule has 1 aromatic heterocycles. The second-order valence-electron chi connectivity index (χ2n) is 7.16. The zero-order valence-corrected chi connectivity index (χ0v) is 16.5. The zero-order valence-electron chi connectivity index (χ0n) is 15.6. The van der Waals surface area contributed by atoms with E-state index in [0.29, 0.717) is 11.1 Å². The van der Waals surface area contributed by atoms with Crippen molar-refractivity contribution in [1.82, 2.24) is 0 Å². The number of phosphoric acid groups is 1. The van der Waals surface area contributed by atoms with E-state index < -0.39 is 13.4 Å². The maximum absolute atomic E-state index is 12.6. The molecule has 0 saturated heterocycles. The summed E-state index contributed by atoms with van der Waals surface area (Å²) in [6.07, 6.45) is 4.34. The first-order valence-corrected chi connectivity index (χ1v) is 10.8. The van der Waals surface area contributed by atoms with Crippen LogP contribution in [0.1, 0.15) is 35.1 Å². The van der Waals surface area contributed by atoms with Gasteiger partial charge in [-0.15, -0.1) is 0 Å². The van der Waals surface area contributed by atoms with Crippen molar-refractivity contribution < 1.29 is 22.9 Å². The summed E-state index contributed by atoms with van der Waals surface area (Å²) in [5, 5.41) is 0.959. The molecular weight excluding hydrogens is 369 g/mol. The lowest BCUT2D eigenvalue weighted by atomic mass is 9.88. The highest BCUT2D eigenvalue weighted by Crippen LogP contribution is 2.42. The summed E-state index contributed by atoms with van der Waals surface area (Å²) in [5.74, 6) is 0. The lowest BCUT2D eigenvalue weighted by Crippen LogP contribution is -2.34. The van der Waals surface area contributed by atoms with Crippen LogP contribution in [0.5, 0.6) is 0 Å². The molecule has 8 heteroatoms. The highest BCUT2D eigenvalue weighted by molar-refractivity contribution is 7.47. The predicted octanol–water partition coefficient (Wildman–Crippen LogP) is 3.11. The van der Waals surface area contributed by atoms with Gasteiger partial charge in [-0.05, 0) is 49.8 Å². The number of hydrogen-bond acceptors (Lipinski definition) is 6. The van der Waals surface area contributed by atoms with Crippen LogP contribution in [0.4, 0.5) is 5.69 Å². The van der Waals surface area contributed by atoms with Gasteiger partial charge in [0.25, 0.3) is 0 Å². The Kier molecular flexibility index (Phi) is 4.89. The third kappa shape index (κ3) is 3.34. The standard InChI is InChI=1S/C19H24NO6P/c1-12-14(7-10-25-27(22,23)24-2)19(21)26-18-15-6-4-9-20-8-3-5-13(17(15)20)11-16(12)18/h11H,3-10H2,1-2H3,(H,22,23). The van der Waals surface area contributed by atoms with Gasteiger partial charge in [0, 0.05) is 48.8 Å². The molecule has 3 heterocycles. The summed E-state index contributed by atoms with van der Waals surface area (Å²) in [7, 11) is -2.95. The largest absolute Gasteiger partial charge is 0.471 e. The molecule has 0 radical (unpaired) electrons. The molecule has 2 aromatic rings. The van der Waals surface area contributed by atoms with Crippen molar-refractivity contribution in [3.63, 3.8) is 0 Å². The van der Waals surface area contributed by atoms with Gasteiger partial charge < -0.3 is 14.2 Å². The Balaban J connectivity index is 1.77. The summed E-state index contributed by atoms with van der Waals surface area (Å²) in [4.78, 5) is 24.4. The van der Waals surface area contributed by atoms with E-state index in [2.05, 4.69) is 15.5 Å². The molecule has 4 rings (SSSR count). The van der Waals surface area contributed by atoms with E-state index in [9.17, 15) is 14.3 Å². The van der Waals surface area contributed by atoms with Crippen LogP contribution in [0, 0.1) is 6.92 Å². The zero-order chi connectivity index (χ0) is 19.2. The SMILES string of the molecule is COP(=O)(O)OCCc1c(C)c2cc3c4c(c2oc1=O)CCCN4CCC3. The number of hydrogen-bond donors (Lipinski definition) is 1. The number of fused-ring (bicyclic) bond motifs is 2. The first-order chi connectivity index (χ1) is 12.9. The number of benzene rings is 1. The molecule has 7 nitrogen and oxygen atoms in total. The average Bonchev–Trinajstić information content (AvgIpc) is 2.66. The lowest BCUT2D eigenvalue weighted by Gasteiger charge is -2.37. The number of phosphoric ester groups is 1. The maximum Gasteiger partial charge on any atom is 0.471 e. The smallest absolute Gasteiger partial charge is 0.422 e. The molecular formula is C19H24NO6P.